The Hall–Kier alpha value is -2.59. The van der Waals surface area contributed by atoms with Crippen molar-refractivity contribution in [2.45, 2.75) is 38.8 Å². The van der Waals surface area contributed by atoms with E-state index in [-0.39, 0.29) is 6.61 Å². The van der Waals surface area contributed by atoms with Gasteiger partial charge in [0.15, 0.2) is 5.82 Å². The van der Waals surface area contributed by atoms with Gasteiger partial charge in [0.05, 0.1) is 21.3 Å². The van der Waals surface area contributed by atoms with Crippen LogP contribution in [0, 0.1) is 13.8 Å². The molecule has 8 nitrogen and oxygen atoms in total. The van der Waals surface area contributed by atoms with Gasteiger partial charge in [-0.15, -0.1) is 11.3 Å². The highest BCUT2D eigenvalue weighted by Crippen LogP contribution is 2.33. The van der Waals surface area contributed by atoms with E-state index in [0.29, 0.717) is 24.2 Å². The summed E-state index contributed by atoms with van der Waals surface area (Å²) in [5.74, 6) is 2.19. The predicted octanol–water partition coefficient (Wildman–Crippen LogP) is 3.46. The van der Waals surface area contributed by atoms with Gasteiger partial charge in [-0.1, -0.05) is 12.1 Å². The molecule has 1 aromatic carbocycles. The van der Waals surface area contributed by atoms with Crippen molar-refractivity contribution < 1.29 is 14.6 Å². The zero-order valence-electron chi connectivity index (χ0n) is 20.2. The third-order valence-corrected chi connectivity index (χ3v) is 7.02. The Balaban J connectivity index is 1.69. The molecule has 0 amide bonds. The molecule has 0 spiro atoms. The number of aliphatic hydroxyl groups excluding tert-OH is 1. The normalized spacial score (nSPS) is 15.3. The summed E-state index contributed by atoms with van der Waals surface area (Å²) in [5, 5.41) is 13.9. The largest absolute Gasteiger partial charge is 0.491 e. The summed E-state index contributed by atoms with van der Waals surface area (Å²) in [6.07, 6.45) is 1.37. The first-order valence-corrected chi connectivity index (χ1v) is 12.5. The summed E-state index contributed by atoms with van der Waals surface area (Å²) < 4.78 is 11.4. The van der Waals surface area contributed by atoms with Crippen LogP contribution in [0.5, 0.6) is 5.75 Å². The third-order valence-electron chi connectivity index (χ3n) is 5.92. The molecule has 0 radical (unpaired) electrons. The molecule has 4 rings (SSSR count). The van der Waals surface area contributed by atoms with Gasteiger partial charge >= 0.3 is 0 Å². The van der Waals surface area contributed by atoms with Gasteiger partial charge in [0.2, 0.25) is 0 Å². The fourth-order valence-corrected chi connectivity index (χ4v) is 4.98. The molecule has 182 valence electrons. The van der Waals surface area contributed by atoms with Gasteiger partial charge in [-0.3, -0.25) is 0 Å². The summed E-state index contributed by atoms with van der Waals surface area (Å²) in [5.41, 5.74) is 2.71. The van der Waals surface area contributed by atoms with Crippen LogP contribution < -0.4 is 15.0 Å². The lowest BCUT2D eigenvalue weighted by molar-refractivity contribution is 0.0853. The van der Waals surface area contributed by atoms with Crippen molar-refractivity contribution >= 4 is 17.2 Å². The second-order valence-corrected chi connectivity index (χ2v) is 9.79. The van der Waals surface area contributed by atoms with Crippen molar-refractivity contribution in [2.75, 3.05) is 45.4 Å². The van der Waals surface area contributed by atoms with Crippen LogP contribution in [-0.4, -0.2) is 72.7 Å². The standard InChI is InChI=1S/C25H33N5O3S/c1-16-24(34-17(2)27-16)22-13-23(30(4)19-8-10-32-11-9-19)29-25(28-22)18-6-5-7-21(12-18)33-15-20(31)14-26-3/h5-7,12-13,19-20,26,31H,8-11,14-15H2,1-4H3. The number of benzene rings is 1. The Morgan fingerprint density at radius 2 is 2.00 bits per heavy atom. The molecule has 1 fully saturated rings. The van der Waals surface area contributed by atoms with Crippen LogP contribution >= 0.6 is 11.3 Å². The molecule has 0 aliphatic carbocycles. The Bertz CT molecular complexity index is 1100. The van der Waals surface area contributed by atoms with Gasteiger partial charge in [0.25, 0.3) is 0 Å². The summed E-state index contributed by atoms with van der Waals surface area (Å²) >= 11 is 1.65. The second kappa shape index (κ2) is 11.2. The van der Waals surface area contributed by atoms with E-state index in [2.05, 4.69) is 28.3 Å². The summed E-state index contributed by atoms with van der Waals surface area (Å²) in [6, 6.07) is 10.2. The van der Waals surface area contributed by atoms with E-state index in [1.807, 2.05) is 38.1 Å². The lowest BCUT2D eigenvalue weighted by Crippen LogP contribution is -2.37. The van der Waals surface area contributed by atoms with Crippen LogP contribution in [0.3, 0.4) is 0 Å². The van der Waals surface area contributed by atoms with E-state index in [1.54, 1.807) is 18.4 Å². The second-order valence-electron chi connectivity index (χ2n) is 8.59. The van der Waals surface area contributed by atoms with Crippen LogP contribution in [0.4, 0.5) is 5.82 Å². The molecular weight excluding hydrogens is 450 g/mol. The van der Waals surface area contributed by atoms with E-state index in [1.165, 1.54) is 0 Å². The first kappa shape index (κ1) is 24.5. The Kier molecular flexibility index (Phi) is 8.10. The molecular formula is C25H33N5O3S. The maximum atomic E-state index is 9.98. The third kappa shape index (κ3) is 5.90. The average molecular weight is 484 g/mol. The predicted molar refractivity (Wildman–Crippen MR) is 136 cm³/mol. The maximum Gasteiger partial charge on any atom is 0.162 e. The molecule has 2 N–H and O–H groups in total. The highest BCUT2D eigenvalue weighted by molar-refractivity contribution is 7.15. The van der Waals surface area contributed by atoms with Crippen LogP contribution in [0.1, 0.15) is 23.5 Å². The van der Waals surface area contributed by atoms with Crippen molar-refractivity contribution in [3.8, 4) is 27.7 Å². The van der Waals surface area contributed by atoms with Crippen molar-refractivity contribution in [3.05, 3.63) is 41.0 Å². The summed E-state index contributed by atoms with van der Waals surface area (Å²) in [7, 11) is 3.90. The summed E-state index contributed by atoms with van der Waals surface area (Å²) in [6.45, 7) is 6.26. The lowest BCUT2D eigenvalue weighted by atomic mass is 10.1. The van der Waals surface area contributed by atoms with Gasteiger partial charge in [-0.25, -0.2) is 15.0 Å². The number of hydrogen-bond acceptors (Lipinski definition) is 9. The highest BCUT2D eigenvalue weighted by Gasteiger charge is 2.22. The van der Waals surface area contributed by atoms with Gasteiger partial charge in [-0.2, -0.15) is 0 Å². The quantitative estimate of drug-likeness (QED) is 0.478. The minimum absolute atomic E-state index is 0.211. The number of hydrogen-bond donors (Lipinski definition) is 2. The molecule has 0 saturated carbocycles. The van der Waals surface area contributed by atoms with Crippen LogP contribution in [0.15, 0.2) is 30.3 Å². The molecule has 0 bridgehead atoms. The van der Waals surface area contributed by atoms with Crippen molar-refractivity contribution in [2.24, 2.45) is 0 Å². The molecule has 1 saturated heterocycles. The maximum absolute atomic E-state index is 9.98. The van der Waals surface area contributed by atoms with Gasteiger partial charge in [0.1, 0.15) is 24.3 Å². The molecule has 3 heterocycles. The Labute approximate surface area is 205 Å². The molecule has 1 aliphatic rings. The van der Waals surface area contributed by atoms with Gasteiger partial charge < -0.3 is 24.8 Å². The number of aryl methyl sites for hydroxylation is 2. The number of anilines is 1. The molecule has 3 aromatic rings. The molecule has 1 unspecified atom stereocenters. The smallest absolute Gasteiger partial charge is 0.162 e. The summed E-state index contributed by atoms with van der Waals surface area (Å²) in [4.78, 5) is 17.8. The van der Waals surface area contributed by atoms with Crippen LogP contribution in [0.25, 0.3) is 22.0 Å². The zero-order valence-corrected chi connectivity index (χ0v) is 21.1. The molecule has 9 heteroatoms. The minimum atomic E-state index is -0.578. The fraction of sp³-hybridized carbons (Fsp3) is 0.480. The van der Waals surface area contributed by atoms with Gasteiger partial charge in [-0.05, 0) is 45.9 Å². The molecule has 2 aromatic heterocycles. The minimum Gasteiger partial charge on any atom is -0.491 e. The number of ether oxygens (including phenoxy) is 2. The topological polar surface area (TPSA) is 92.6 Å². The first-order chi connectivity index (χ1) is 16.4. The number of rotatable bonds is 9. The van der Waals surface area contributed by atoms with Crippen LogP contribution in [-0.2, 0) is 4.74 Å². The van der Waals surface area contributed by atoms with E-state index in [9.17, 15) is 5.11 Å². The number of nitrogens with one attached hydrogen (secondary N) is 1. The van der Waals surface area contributed by atoms with E-state index >= 15 is 0 Å². The van der Waals surface area contributed by atoms with Crippen molar-refractivity contribution in [3.63, 3.8) is 0 Å². The number of thiazole rings is 1. The molecule has 34 heavy (non-hydrogen) atoms. The van der Waals surface area contributed by atoms with E-state index in [0.717, 1.165) is 58.7 Å². The van der Waals surface area contributed by atoms with Crippen molar-refractivity contribution in [1.29, 1.82) is 0 Å². The molecule has 1 aliphatic heterocycles. The number of likely N-dealkylation sites (N-methyl/N-ethyl adjacent to an activating group) is 1. The Morgan fingerprint density at radius 3 is 2.71 bits per heavy atom. The number of aliphatic hydroxyl groups is 1. The number of aromatic nitrogens is 3. The zero-order chi connectivity index (χ0) is 24.1. The monoisotopic (exact) mass is 483 g/mol. The van der Waals surface area contributed by atoms with Crippen LogP contribution in [0.2, 0.25) is 0 Å². The SMILES string of the molecule is CNCC(O)COc1cccc(-c2nc(-c3sc(C)nc3C)cc(N(C)C3CCOCC3)n2)c1. The first-order valence-electron chi connectivity index (χ1n) is 11.6. The van der Waals surface area contributed by atoms with Gasteiger partial charge in [0, 0.05) is 44.5 Å². The van der Waals surface area contributed by atoms with E-state index in [4.69, 9.17) is 19.4 Å². The highest BCUT2D eigenvalue weighted by atomic mass is 32.1. The Morgan fingerprint density at radius 1 is 1.21 bits per heavy atom. The fourth-order valence-electron chi connectivity index (χ4n) is 4.10. The van der Waals surface area contributed by atoms with Crippen molar-refractivity contribution in [1.82, 2.24) is 20.3 Å². The number of nitrogens with zero attached hydrogens (tertiary/aromatic N) is 4. The average Bonchev–Trinajstić information content (AvgIpc) is 3.20. The lowest BCUT2D eigenvalue weighted by Gasteiger charge is -2.32. The molecule has 1 atom stereocenters. The van der Waals surface area contributed by atoms with E-state index < -0.39 is 6.10 Å².